The van der Waals surface area contributed by atoms with Gasteiger partial charge in [-0.3, -0.25) is 4.57 Å². The molecule has 0 spiro atoms. The lowest BCUT2D eigenvalue weighted by atomic mass is 10.2. The highest BCUT2D eigenvalue weighted by Crippen LogP contribution is 2.30. The average Bonchev–Trinajstić information content (AvgIpc) is 3.02. The Morgan fingerprint density at radius 3 is 2.60 bits per heavy atom. The van der Waals surface area contributed by atoms with Crippen LogP contribution in [0.25, 0.3) is 5.69 Å². The van der Waals surface area contributed by atoms with Gasteiger partial charge in [-0.05, 0) is 38.1 Å². The smallest absolute Gasteiger partial charge is 0.163 e. The Hall–Kier alpha value is -2.95. The molecule has 0 bridgehead atoms. The fourth-order valence-corrected chi connectivity index (χ4v) is 2.79. The third-order valence-electron chi connectivity index (χ3n) is 3.96. The van der Waals surface area contributed by atoms with Crippen LogP contribution in [0.2, 0.25) is 0 Å². The van der Waals surface area contributed by atoms with Crippen LogP contribution < -0.4 is 14.8 Å². The van der Waals surface area contributed by atoms with Crippen molar-refractivity contribution >= 4 is 5.69 Å². The zero-order chi connectivity index (χ0) is 17.6. The summed E-state index contributed by atoms with van der Waals surface area (Å²) < 4.78 is 13.1. The molecule has 0 saturated carbocycles. The number of methoxy groups -OCH3 is 1. The first-order valence-corrected chi connectivity index (χ1v) is 8.36. The van der Waals surface area contributed by atoms with E-state index in [1.807, 2.05) is 56.4 Å². The first-order chi connectivity index (χ1) is 12.2. The molecule has 0 fully saturated rings. The van der Waals surface area contributed by atoms with E-state index in [9.17, 15) is 0 Å². The van der Waals surface area contributed by atoms with E-state index < -0.39 is 0 Å². The molecular weight excluding hydrogens is 314 g/mol. The Labute approximate surface area is 148 Å². The summed E-state index contributed by atoms with van der Waals surface area (Å²) in [6, 6.07) is 16.1. The second-order valence-electron chi connectivity index (χ2n) is 5.62. The van der Waals surface area contributed by atoms with Gasteiger partial charge in [0, 0.05) is 17.4 Å². The largest absolute Gasteiger partial charge is 0.493 e. The van der Waals surface area contributed by atoms with Crippen LogP contribution in [0.3, 0.4) is 0 Å². The van der Waals surface area contributed by atoms with Crippen molar-refractivity contribution in [1.82, 2.24) is 9.55 Å². The van der Waals surface area contributed by atoms with Gasteiger partial charge in [-0.25, -0.2) is 4.98 Å². The summed E-state index contributed by atoms with van der Waals surface area (Å²) in [6.45, 7) is 5.23. The molecule has 3 rings (SSSR count). The summed E-state index contributed by atoms with van der Waals surface area (Å²) in [4.78, 5) is 4.46. The molecule has 0 radical (unpaired) electrons. The molecule has 5 heteroatoms. The second kappa shape index (κ2) is 7.75. The maximum Gasteiger partial charge on any atom is 0.163 e. The van der Waals surface area contributed by atoms with E-state index in [1.165, 1.54) is 0 Å². The molecule has 25 heavy (non-hydrogen) atoms. The van der Waals surface area contributed by atoms with Crippen LogP contribution in [0.1, 0.15) is 18.4 Å². The Balaban J connectivity index is 1.80. The molecule has 130 valence electrons. The van der Waals surface area contributed by atoms with E-state index in [4.69, 9.17) is 9.47 Å². The van der Waals surface area contributed by atoms with E-state index >= 15 is 0 Å². The van der Waals surface area contributed by atoms with E-state index in [0.717, 1.165) is 34.4 Å². The molecule has 0 aliphatic carbocycles. The van der Waals surface area contributed by atoms with E-state index in [0.29, 0.717) is 13.2 Å². The fourth-order valence-electron chi connectivity index (χ4n) is 2.79. The number of benzene rings is 2. The van der Waals surface area contributed by atoms with Gasteiger partial charge < -0.3 is 14.8 Å². The Morgan fingerprint density at radius 1 is 1.08 bits per heavy atom. The molecule has 0 aliphatic heterocycles. The number of aromatic nitrogens is 2. The molecule has 3 aromatic rings. The third kappa shape index (κ3) is 3.76. The van der Waals surface area contributed by atoms with Gasteiger partial charge in [-0.2, -0.15) is 0 Å². The Bertz CT molecular complexity index is 828. The van der Waals surface area contributed by atoms with Gasteiger partial charge in [-0.15, -0.1) is 0 Å². The lowest BCUT2D eigenvalue weighted by Crippen LogP contribution is -2.07. The van der Waals surface area contributed by atoms with Crippen LogP contribution in [-0.2, 0) is 6.54 Å². The predicted octanol–water partition coefficient (Wildman–Crippen LogP) is 4.20. The number of anilines is 1. The number of hydrogen-bond acceptors (Lipinski definition) is 4. The molecule has 0 atom stereocenters. The van der Waals surface area contributed by atoms with Gasteiger partial charge in [0.2, 0.25) is 0 Å². The summed E-state index contributed by atoms with van der Waals surface area (Å²) in [6.07, 6.45) is 1.91. The van der Waals surface area contributed by atoms with Gasteiger partial charge in [0.25, 0.3) is 0 Å². The summed E-state index contributed by atoms with van der Waals surface area (Å²) in [5, 5.41) is 3.44. The standard InChI is InChI=1S/C20H23N3O2/c1-4-25-20-12-16(10-11-19(20)24-3)22-14-18-13-21-15(2)23(18)17-8-6-5-7-9-17/h5-13,22H,4,14H2,1-3H3. The van der Waals surface area contributed by atoms with Gasteiger partial charge in [0.05, 0.1) is 32.2 Å². The summed E-state index contributed by atoms with van der Waals surface area (Å²) in [7, 11) is 1.64. The number of para-hydroxylation sites is 1. The van der Waals surface area contributed by atoms with E-state index in [2.05, 4.69) is 27.0 Å². The topological polar surface area (TPSA) is 48.3 Å². The molecule has 5 nitrogen and oxygen atoms in total. The predicted molar refractivity (Wildman–Crippen MR) is 99.8 cm³/mol. The van der Waals surface area contributed by atoms with Crippen molar-refractivity contribution in [3.8, 4) is 17.2 Å². The summed E-state index contributed by atoms with van der Waals surface area (Å²) in [5.41, 5.74) is 3.18. The number of ether oxygens (including phenoxy) is 2. The lowest BCUT2D eigenvalue weighted by Gasteiger charge is -2.14. The number of imidazole rings is 1. The number of aryl methyl sites for hydroxylation is 1. The fraction of sp³-hybridized carbons (Fsp3) is 0.250. The lowest BCUT2D eigenvalue weighted by molar-refractivity contribution is 0.311. The Morgan fingerprint density at radius 2 is 1.88 bits per heavy atom. The van der Waals surface area contributed by atoms with Crippen LogP contribution in [-0.4, -0.2) is 23.3 Å². The highest BCUT2D eigenvalue weighted by Gasteiger charge is 2.10. The molecule has 0 unspecified atom stereocenters. The molecule has 1 heterocycles. The van der Waals surface area contributed by atoms with Crippen LogP contribution in [0.5, 0.6) is 11.5 Å². The van der Waals surface area contributed by atoms with Crippen molar-refractivity contribution in [2.45, 2.75) is 20.4 Å². The Kier molecular flexibility index (Phi) is 5.23. The molecule has 2 aromatic carbocycles. The molecule has 1 aromatic heterocycles. The van der Waals surface area contributed by atoms with Crippen molar-refractivity contribution in [1.29, 1.82) is 0 Å². The molecule has 1 N–H and O–H groups in total. The maximum absolute atomic E-state index is 5.64. The normalized spacial score (nSPS) is 10.5. The highest BCUT2D eigenvalue weighted by molar-refractivity contribution is 5.55. The van der Waals surface area contributed by atoms with Crippen molar-refractivity contribution in [3.05, 3.63) is 66.2 Å². The van der Waals surface area contributed by atoms with Crippen LogP contribution >= 0.6 is 0 Å². The van der Waals surface area contributed by atoms with Crippen LogP contribution in [0.15, 0.2) is 54.7 Å². The minimum absolute atomic E-state index is 0.597. The number of nitrogens with zero attached hydrogens (tertiary/aromatic N) is 2. The third-order valence-corrected chi connectivity index (χ3v) is 3.96. The van der Waals surface area contributed by atoms with Crippen LogP contribution in [0, 0.1) is 6.92 Å². The molecule has 0 aliphatic rings. The van der Waals surface area contributed by atoms with Crippen LogP contribution in [0.4, 0.5) is 5.69 Å². The van der Waals surface area contributed by atoms with Gasteiger partial charge >= 0.3 is 0 Å². The van der Waals surface area contributed by atoms with Gasteiger partial charge in [0.15, 0.2) is 11.5 Å². The van der Waals surface area contributed by atoms with Crippen molar-refractivity contribution in [2.24, 2.45) is 0 Å². The maximum atomic E-state index is 5.64. The molecule has 0 amide bonds. The summed E-state index contributed by atoms with van der Waals surface area (Å²) >= 11 is 0. The van der Waals surface area contributed by atoms with Gasteiger partial charge in [-0.1, -0.05) is 18.2 Å². The average molecular weight is 337 g/mol. The van der Waals surface area contributed by atoms with Crippen molar-refractivity contribution in [3.63, 3.8) is 0 Å². The number of nitrogens with one attached hydrogen (secondary N) is 1. The zero-order valence-corrected chi connectivity index (χ0v) is 14.8. The van der Waals surface area contributed by atoms with Crippen molar-refractivity contribution < 1.29 is 9.47 Å². The number of hydrogen-bond donors (Lipinski definition) is 1. The SMILES string of the molecule is CCOc1cc(NCc2cnc(C)n2-c2ccccc2)ccc1OC. The van der Waals surface area contributed by atoms with Gasteiger partial charge in [0.1, 0.15) is 5.82 Å². The minimum atomic E-state index is 0.597. The van der Waals surface area contributed by atoms with Crippen molar-refractivity contribution in [2.75, 3.05) is 19.0 Å². The van der Waals surface area contributed by atoms with E-state index in [1.54, 1.807) is 7.11 Å². The summed E-state index contributed by atoms with van der Waals surface area (Å²) in [5.74, 6) is 2.44. The second-order valence-corrected chi connectivity index (χ2v) is 5.62. The number of rotatable bonds is 7. The monoisotopic (exact) mass is 337 g/mol. The quantitative estimate of drug-likeness (QED) is 0.702. The first kappa shape index (κ1) is 16.9. The highest BCUT2D eigenvalue weighted by atomic mass is 16.5. The first-order valence-electron chi connectivity index (χ1n) is 8.36. The minimum Gasteiger partial charge on any atom is -0.493 e. The molecule has 0 saturated heterocycles. The van der Waals surface area contributed by atoms with E-state index in [-0.39, 0.29) is 0 Å². The molecular formula is C20H23N3O2. The zero-order valence-electron chi connectivity index (χ0n) is 14.8.